The van der Waals surface area contributed by atoms with Crippen molar-refractivity contribution in [2.24, 2.45) is 5.10 Å². The number of hydrazone groups is 1. The Balaban J connectivity index is 1.76. The average molecular weight is 527 g/mol. The standard InChI is InChI=1S/C24H23BrN4O5/c1-14-23(25)20(12-31-2)18(10-26)24(28-14)34-13-22(30)29-27-11-19-17-9-16(32-3)7-5-15(17)6-8-21(19)33-4/h5-9,11H,12-13H2,1-4H3,(H,29,30)/b27-11+. The molecular weight excluding hydrogens is 504 g/mol. The molecule has 0 bridgehead atoms. The number of hydrogen-bond acceptors (Lipinski definition) is 8. The van der Waals surface area contributed by atoms with Crippen LogP contribution in [0.3, 0.4) is 0 Å². The van der Waals surface area contributed by atoms with Gasteiger partial charge in [-0.25, -0.2) is 10.4 Å². The van der Waals surface area contributed by atoms with E-state index < -0.39 is 5.91 Å². The zero-order valence-electron chi connectivity index (χ0n) is 19.1. The Kier molecular flexibility index (Phi) is 8.40. The number of amides is 1. The van der Waals surface area contributed by atoms with Crippen molar-refractivity contribution in [1.29, 1.82) is 5.26 Å². The van der Waals surface area contributed by atoms with Gasteiger partial charge in [-0.2, -0.15) is 10.4 Å². The van der Waals surface area contributed by atoms with E-state index in [1.165, 1.54) is 13.3 Å². The van der Waals surface area contributed by atoms with E-state index >= 15 is 0 Å². The Morgan fingerprint density at radius 3 is 2.68 bits per heavy atom. The average Bonchev–Trinajstić information content (AvgIpc) is 2.85. The molecule has 0 atom stereocenters. The summed E-state index contributed by atoms with van der Waals surface area (Å²) in [6.07, 6.45) is 1.50. The van der Waals surface area contributed by atoms with Crippen LogP contribution in [-0.2, 0) is 16.1 Å². The number of carbonyl (C=O) groups excluding carboxylic acids is 1. The Morgan fingerprint density at radius 1 is 1.24 bits per heavy atom. The number of nitriles is 1. The lowest BCUT2D eigenvalue weighted by Gasteiger charge is -2.13. The molecule has 0 spiro atoms. The second-order valence-corrected chi connectivity index (χ2v) is 7.86. The summed E-state index contributed by atoms with van der Waals surface area (Å²) in [6, 6.07) is 11.5. The zero-order valence-corrected chi connectivity index (χ0v) is 20.7. The number of hydrogen-bond donors (Lipinski definition) is 1. The van der Waals surface area contributed by atoms with Crippen LogP contribution in [0.5, 0.6) is 17.4 Å². The minimum absolute atomic E-state index is 0.0530. The van der Waals surface area contributed by atoms with E-state index in [1.54, 1.807) is 21.1 Å². The van der Waals surface area contributed by atoms with Crippen molar-refractivity contribution in [3.63, 3.8) is 0 Å². The molecular formula is C24H23BrN4O5. The molecule has 0 unspecified atom stereocenters. The normalized spacial score (nSPS) is 10.8. The highest BCUT2D eigenvalue weighted by Crippen LogP contribution is 2.31. The third-order valence-corrected chi connectivity index (χ3v) is 5.99. The fraction of sp³-hybridized carbons (Fsp3) is 0.250. The third kappa shape index (κ3) is 5.44. The van der Waals surface area contributed by atoms with Crippen LogP contribution >= 0.6 is 15.9 Å². The maximum atomic E-state index is 12.3. The van der Waals surface area contributed by atoms with Crippen molar-refractivity contribution >= 4 is 38.8 Å². The Labute approximate surface area is 205 Å². The van der Waals surface area contributed by atoms with Crippen LogP contribution in [0.15, 0.2) is 39.9 Å². The van der Waals surface area contributed by atoms with Crippen LogP contribution < -0.4 is 19.6 Å². The molecule has 3 aromatic rings. The topological polar surface area (TPSA) is 115 Å². The number of aryl methyl sites for hydroxylation is 1. The summed E-state index contributed by atoms with van der Waals surface area (Å²) in [4.78, 5) is 16.6. The van der Waals surface area contributed by atoms with Crippen molar-refractivity contribution in [3.05, 3.63) is 57.2 Å². The molecule has 176 valence electrons. The van der Waals surface area contributed by atoms with E-state index in [-0.39, 0.29) is 24.7 Å². The van der Waals surface area contributed by atoms with Gasteiger partial charge < -0.3 is 18.9 Å². The SMILES string of the molecule is COCc1c(Br)c(C)nc(OCC(=O)N/N=C/c2c(OC)ccc3ccc(OC)cc23)c1C#N. The van der Waals surface area contributed by atoms with Crippen LogP contribution in [0.2, 0.25) is 0 Å². The highest BCUT2D eigenvalue weighted by atomic mass is 79.9. The summed E-state index contributed by atoms with van der Waals surface area (Å²) in [6.45, 7) is 1.57. The maximum absolute atomic E-state index is 12.3. The number of aromatic nitrogens is 1. The van der Waals surface area contributed by atoms with E-state index in [9.17, 15) is 10.1 Å². The Morgan fingerprint density at radius 2 is 2.00 bits per heavy atom. The lowest BCUT2D eigenvalue weighted by molar-refractivity contribution is -0.123. The Hall–Kier alpha value is -3.68. The first kappa shape index (κ1) is 25.0. The first-order chi connectivity index (χ1) is 16.4. The van der Waals surface area contributed by atoms with Crippen LogP contribution in [0.1, 0.15) is 22.4 Å². The molecule has 0 aliphatic rings. The summed E-state index contributed by atoms with van der Waals surface area (Å²) in [5.41, 5.74) is 4.51. The van der Waals surface area contributed by atoms with Gasteiger partial charge in [0.15, 0.2) is 6.61 Å². The first-order valence-electron chi connectivity index (χ1n) is 10.1. The number of nitrogens with zero attached hydrogens (tertiary/aromatic N) is 3. The molecule has 0 aliphatic heterocycles. The van der Waals surface area contributed by atoms with Gasteiger partial charge >= 0.3 is 0 Å². The van der Waals surface area contributed by atoms with Gasteiger partial charge in [-0.15, -0.1) is 0 Å². The second-order valence-electron chi connectivity index (χ2n) is 7.07. The predicted octanol–water partition coefficient (Wildman–Crippen LogP) is 3.87. The number of nitrogens with one attached hydrogen (secondary N) is 1. The van der Waals surface area contributed by atoms with Crippen molar-refractivity contribution in [2.45, 2.75) is 13.5 Å². The molecule has 0 saturated heterocycles. The van der Waals surface area contributed by atoms with E-state index in [4.69, 9.17) is 18.9 Å². The summed E-state index contributed by atoms with van der Waals surface area (Å²) < 4.78 is 22.1. The number of rotatable bonds is 9. The third-order valence-electron chi connectivity index (χ3n) is 4.94. The van der Waals surface area contributed by atoms with E-state index in [0.29, 0.717) is 32.8 Å². The summed E-state index contributed by atoms with van der Waals surface area (Å²) in [5, 5.41) is 15.4. The van der Waals surface area contributed by atoms with Crippen molar-refractivity contribution < 1.29 is 23.7 Å². The van der Waals surface area contributed by atoms with Gasteiger partial charge in [0, 0.05) is 22.7 Å². The highest BCUT2D eigenvalue weighted by molar-refractivity contribution is 9.10. The number of methoxy groups -OCH3 is 3. The molecule has 0 fully saturated rings. The molecule has 3 rings (SSSR count). The molecule has 2 aromatic carbocycles. The van der Waals surface area contributed by atoms with Gasteiger partial charge in [0.05, 0.1) is 32.7 Å². The number of carbonyl (C=O) groups is 1. The molecule has 34 heavy (non-hydrogen) atoms. The minimum atomic E-state index is -0.521. The van der Waals surface area contributed by atoms with Gasteiger partial charge in [0.2, 0.25) is 5.88 Å². The first-order valence-corrected chi connectivity index (χ1v) is 10.9. The lowest BCUT2D eigenvalue weighted by Crippen LogP contribution is -2.25. The fourth-order valence-electron chi connectivity index (χ4n) is 3.29. The lowest BCUT2D eigenvalue weighted by atomic mass is 10.0. The quantitative estimate of drug-likeness (QED) is 0.332. The van der Waals surface area contributed by atoms with Crippen LogP contribution in [-0.4, -0.2) is 45.0 Å². The molecule has 1 N–H and O–H groups in total. The number of benzene rings is 2. The Bertz CT molecular complexity index is 1280. The molecule has 0 aliphatic carbocycles. The number of ether oxygens (including phenoxy) is 4. The fourth-order valence-corrected chi connectivity index (χ4v) is 3.69. The van der Waals surface area contributed by atoms with Crippen LogP contribution in [0.4, 0.5) is 0 Å². The second kappa shape index (κ2) is 11.4. The summed E-state index contributed by atoms with van der Waals surface area (Å²) >= 11 is 3.42. The van der Waals surface area contributed by atoms with Crippen molar-refractivity contribution in [2.75, 3.05) is 27.9 Å². The maximum Gasteiger partial charge on any atom is 0.278 e. The number of pyridine rings is 1. The molecule has 0 saturated carbocycles. The van der Waals surface area contributed by atoms with Crippen LogP contribution in [0, 0.1) is 18.3 Å². The van der Waals surface area contributed by atoms with Gasteiger partial charge in [0.25, 0.3) is 5.91 Å². The monoisotopic (exact) mass is 526 g/mol. The molecule has 10 heteroatoms. The van der Waals surface area contributed by atoms with Gasteiger partial charge in [-0.3, -0.25) is 4.79 Å². The predicted molar refractivity (Wildman–Crippen MR) is 130 cm³/mol. The van der Waals surface area contributed by atoms with Crippen LogP contribution in [0.25, 0.3) is 10.8 Å². The largest absolute Gasteiger partial charge is 0.497 e. The minimum Gasteiger partial charge on any atom is -0.497 e. The van der Waals surface area contributed by atoms with E-state index in [1.807, 2.05) is 30.3 Å². The van der Waals surface area contributed by atoms with E-state index in [0.717, 1.165) is 10.8 Å². The molecule has 1 amide bonds. The number of fused-ring (bicyclic) bond motifs is 1. The summed E-state index contributed by atoms with van der Waals surface area (Å²) in [5.74, 6) is 0.810. The number of halogens is 1. The van der Waals surface area contributed by atoms with Gasteiger partial charge in [0.1, 0.15) is 23.1 Å². The highest BCUT2D eigenvalue weighted by Gasteiger charge is 2.18. The van der Waals surface area contributed by atoms with Gasteiger partial charge in [-0.1, -0.05) is 12.1 Å². The van der Waals surface area contributed by atoms with Crippen molar-refractivity contribution in [1.82, 2.24) is 10.4 Å². The summed E-state index contributed by atoms with van der Waals surface area (Å²) in [7, 11) is 4.67. The molecule has 0 radical (unpaired) electrons. The molecule has 9 nitrogen and oxygen atoms in total. The van der Waals surface area contributed by atoms with Crippen molar-refractivity contribution in [3.8, 4) is 23.4 Å². The zero-order chi connectivity index (χ0) is 24.7. The van der Waals surface area contributed by atoms with Gasteiger partial charge in [-0.05, 0) is 51.8 Å². The molecule has 1 heterocycles. The smallest absolute Gasteiger partial charge is 0.278 e. The molecule has 1 aromatic heterocycles. The van der Waals surface area contributed by atoms with E-state index in [2.05, 4.69) is 37.5 Å².